The van der Waals surface area contributed by atoms with Gasteiger partial charge in [-0.3, -0.25) is 0 Å². The van der Waals surface area contributed by atoms with E-state index in [1.165, 1.54) is 0 Å². The van der Waals surface area contributed by atoms with Crippen molar-refractivity contribution in [2.75, 3.05) is 26.7 Å². The Balaban J connectivity index is 1.93. The number of likely N-dealkylation sites (tertiary alicyclic amines) is 1. The molecule has 2 aliphatic rings. The maximum absolute atomic E-state index is 9.40. The van der Waals surface area contributed by atoms with Crippen LogP contribution >= 0.6 is 0 Å². The van der Waals surface area contributed by atoms with Gasteiger partial charge in [-0.25, -0.2) is 0 Å². The van der Waals surface area contributed by atoms with E-state index in [4.69, 9.17) is 4.74 Å². The minimum absolute atomic E-state index is 0.0203. The minimum Gasteiger partial charge on any atom is -0.393 e. The van der Waals surface area contributed by atoms with Crippen LogP contribution in [0.15, 0.2) is 0 Å². The van der Waals surface area contributed by atoms with Crippen molar-refractivity contribution in [3.8, 4) is 0 Å². The summed E-state index contributed by atoms with van der Waals surface area (Å²) in [7, 11) is 2.08. The molecule has 1 unspecified atom stereocenters. The topological polar surface area (TPSA) is 32.7 Å². The van der Waals surface area contributed by atoms with Crippen molar-refractivity contribution >= 4 is 0 Å². The van der Waals surface area contributed by atoms with Gasteiger partial charge in [0.15, 0.2) is 0 Å². The molecule has 3 heteroatoms. The number of hydrogen-bond donors (Lipinski definition) is 1. The molecule has 0 aromatic carbocycles. The van der Waals surface area contributed by atoms with Gasteiger partial charge in [-0.15, -0.1) is 0 Å². The fourth-order valence-corrected chi connectivity index (χ4v) is 2.16. The summed E-state index contributed by atoms with van der Waals surface area (Å²) in [5, 5.41) is 9.40. The lowest BCUT2D eigenvalue weighted by molar-refractivity contribution is -0.183. The number of aliphatic hydroxyl groups is 1. The summed E-state index contributed by atoms with van der Waals surface area (Å²) in [5.41, 5.74) is 0.0203. The van der Waals surface area contributed by atoms with Gasteiger partial charge in [0.1, 0.15) is 0 Å². The molecule has 0 amide bonds. The van der Waals surface area contributed by atoms with Crippen molar-refractivity contribution in [1.29, 1.82) is 0 Å². The van der Waals surface area contributed by atoms with Crippen molar-refractivity contribution < 1.29 is 9.84 Å². The molecule has 2 aliphatic heterocycles. The maximum Gasteiger partial charge on any atom is 0.0959 e. The molecule has 1 spiro atoms. The molecule has 3 nitrogen and oxygen atoms in total. The Kier molecular flexibility index (Phi) is 1.67. The highest BCUT2D eigenvalue weighted by Crippen LogP contribution is 2.32. The van der Waals surface area contributed by atoms with E-state index >= 15 is 0 Å². The smallest absolute Gasteiger partial charge is 0.0959 e. The Labute approximate surface area is 66.9 Å². The molecule has 64 valence electrons. The van der Waals surface area contributed by atoms with E-state index in [0.717, 1.165) is 32.5 Å². The highest BCUT2D eigenvalue weighted by Gasteiger charge is 2.45. The molecule has 0 aliphatic carbocycles. The normalized spacial score (nSPS) is 37.1. The van der Waals surface area contributed by atoms with Crippen LogP contribution in [0.1, 0.15) is 12.8 Å². The van der Waals surface area contributed by atoms with E-state index in [9.17, 15) is 5.11 Å². The van der Waals surface area contributed by atoms with Gasteiger partial charge in [0.05, 0.1) is 11.7 Å². The highest BCUT2D eigenvalue weighted by molar-refractivity contribution is 4.99. The molecule has 0 saturated carbocycles. The Hall–Kier alpha value is -0.120. The Morgan fingerprint density at radius 2 is 2.27 bits per heavy atom. The van der Waals surface area contributed by atoms with E-state index in [0.29, 0.717) is 0 Å². The van der Waals surface area contributed by atoms with E-state index < -0.39 is 0 Å². The zero-order chi connectivity index (χ0) is 7.90. The lowest BCUT2D eigenvalue weighted by Crippen LogP contribution is -2.64. The maximum atomic E-state index is 9.40. The first-order chi connectivity index (χ1) is 5.20. The quantitative estimate of drug-likeness (QED) is 0.530. The molecule has 0 bridgehead atoms. The molecule has 11 heavy (non-hydrogen) atoms. The van der Waals surface area contributed by atoms with Crippen LogP contribution in [0.25, 0.3) is 0 Å². The first-order valence-electron chi connectivity index (χ1n) is 4.21. The summed E-state index contributed by atoms with van der Waals surface area (Å²) in [5.74, 6) is 0. The van der Waals surface area contributed by atoms with Gasteiger partial charge in [0.25, 0.3) is 0 Å². The number of likely N-dealkylation sites (N-methyl/N-ethyl adjacent to an activating group) is 1. The lowest BCUT2D eigenvalue weighted by Gasteiger charge is -2.51. The number of nitrogens with zero attached hydrogens (tertiary/aromatic N) is 1. The number of ether oxygens (including phenoxy) is 1. The molecule has 0 radical (unpaired) electrons. The number of aliphatic hydroxyl groups excluding tert-OH is 1. The summed E-state index contributed by atoms with van der Waals surface area (Å²) in [6.45, 7) is 2.71. The van der Waals surface area contributed by atoms with E-state index in [1.54, 1.807) is 0 Å². The van der Waals surface area contributed by atoms with Gasteiger partial charge in [-0.2, -0.15) is 0 Å². The van der Waals surface area contributed by atoms with Crippen LogP contribution in [0, 0.1) is 0 Å². The molecule has 2 saturated heterocycles. The van der Waals surface area contributed by atoms with Gasteiger partial charge < -0.3 is 14.7 Å². The zero-order valence-electron chi connectivity index (χ0n) is 6.92. The van der Waals surface area contributed by atoms with Gasteiger partial charge in [0, 0.05) is 26.1 Å². The van der Waals surface area contributed by atoms with Crippen LogP contribution in [0.3, 0.4) is 0 Å². The van der Waals surface area contributed by atoms with E-state index in [2.05, 4.69) is 11.9 Å². The molecule has 0 aromatic heterocycles. The van der Waals surface area contributed by atoms with Crippen LogP contribution in [0.5, 0.6) is 0 Å². The van der Waals surface area contributed by atoms with Crippen LogP contribution < -0.4 is 0 Å². The van der Waals surface area contributed by atoms with E-state index in [1.807, 2.05) is 0 Å². The first-order valence-corrected chi connectivity index (χ1v) is 4.21. The highest BCUT2D eigenvalue weighted by atomic mass is 16.5. The summed E-state index contributed by atoms with van der Waals surface area (Å²) in [4.78, 5) is 2.22. The summed E-state index contributed by atoms with van der Waals surface area (Å²) in [6, 6.07) is 0. The lowest BCUT2D eigenvalue weighted by atomic mass is 9.85. The van der Waals surface area contributed by atoms with Gasteiger partial charge in [-0.05, 0) is 13.5 Å². The second kappa shape index (κ2) is 2.44. The summed E-state index contributed by atoms with van der Waals surface area (Å²) < 4.78 is 5.64. The van der Waals surface area contributed by atoms with Crippen LogP contribution in [0.2, 0.25) is 0 Å². The fourth-order valence-electron chi connectivity index (χ4n) is 2.16. The Bertz CT molecular complexity index is 149. The predicted molar refractivity (Wildman–Crippen MR) is 41.4 cm³/mol. The third-order valence-electron chi connectivity index (χ3n) is 2.58. The molecule has 2 fully saturated rings. The van der Waals surface area contributed by atoms with E-state index in [-0.39, 0.29) is 11.7 Å². The number of hydrogen-bond acceptors (Lipinski definition) is 3. The molecular formula is C8H15NO2. The molecule has 1 atom stereocenters. The number of rotatable bonds is 0. The fraction of sp³-hybridized carbons (Fsp3) is 1.00. The second-order valence-corrected chi connectivity index (χ2v) is 3.85. The largest absolute Gasteiger partial charge is 0.393 e. The summed E-state index contributed by atoms with van der Waals surface area (Å²) >= 11 is 0. The third-order valence-corrected chi connectivity index (χ3v) is 2.58. The van der Waals surface area contributed by atoms with Gasteiger partial charge in [-0.1, -0.05) is 0 Å². The van der Waals surface area contributed by atoms with Crippen molar-refractivity contribution in [2.45, 2.75) is 24.5 Å². The molecule has 2 heterocycles. The van der Waals surface area contributed by atoms with Gasteiger partial charge >= 0.3 is 0 Å². The minimum atomic E-state index is -0.127. The van der Waals surface area contributed by atoms with Crippen molar-refractivity contribution in [3.63, 3.8) is 0 Å². The Morgan fingerprint density at radius 3 is 2.82 bits per heavy atom. The van der Waals surface area contributed by atoms with Crippen molar-refractivity contribution in [3.05, 3.63) is 0 Å². The van der Waals surface area contributed by atoms with Crippen LogP contribution in [-0.4, -0.2) is 48.5 Å². The van der Waals surface area contributed by atoms with Gasteiger partial charge in [0.2, 0.25) is 0 Å². The predicted octanol–water partition coefficient (Wildman–Crippen LogP) is -0.158. The van der Waals surface area contributed by atoms with Crippen molar-refractivity contribution in [2.24, 2.45) is 0 Å². The summed E-state index contributed by atoms with van der Waals surface area (Å²) in [6.07, 6.45) is 1.51. The standard InChI is InChI=1S/C8H15NO2/c1-9-5-8(6-9)4-7(10)2-3-11-8/h7,10H,2-6H2,1H3. The SMILES string of the molecule is CN1CC2(CC(O)CCO2)C1. The molecule has 2 rings (SSSR count). The molecular weight excluding hydrogens is 142 g/mol. The van der Waals surface area contributed by atoms with Crippen LogP contribution in [-0.2, 0) is 4.74 Å². The Morgan fingerprint density at radius 1 is 1.55 bits per heavy atom. The molecule has 0 aromatic rings. The monoisotopic (exact) mass is 157 g/mol. The average Bonchev–Trinajstić information content (AvgIpc) is 1.84. The average molecular weight is 157 g/mol. The van der Waals surface area contributed by atoms with Crippen LogP contribution in [0.4, 0.5) is 0 Å². The first kappa shape index (κ1) is 7.53. The van der Waals surface area contributed by atoms with Crippen molar-refractivity contribution in [1.82, 2.24) is 4.90 Å². The molecule has 1 N–H and O–H groups in total. The zero-order valence-corrected chi connectivity index (χ0v) is 6.92. The third kappa shape index (κ3) is 1.28. The second-order valence-electron chi connectivity index (χ2n) is 3.85.